The van der Waals surface area contributed by atoms with Crippen molar-refractivity contribution in [2.75, 3.05) is 0 Å². The van der Waals surface area contributed by atoms with Crippen molar-refractivity contribution in [2.24, 2.45) is 5.92 Å². The summed E-state index contributed by atoms with van der Waals surface area (Å²) in [4.78, 5) is 1.40. The predicted molar refractivity (Wildman–Crippen MR) is 73.4 cm³/mol. The first-order chi connectivity index (χ1) is 7.20. The second-order valence-corrected chi connectivity index (χ2v) is 7.42. The third kappa shape index (κ3) is 3.29. The zero-order valence-electron chi connectivity index (χ0n) is 8.72. The van der Waals surface area contributed by atoms with E-state index in [4.69, 9.17) is 0 Å². The van der Waals surface area contributed by atoms with Gasteiger partial charge in [0.25, 0.3) is 0 Å². The number of thiophene rings is 1. The molecular weight excluding hydrogens is 338 g/mol. The molecule has 2 unspecified atom stereocenters. The molecule has 0 spiro atoms. The topological polar surface area (TPSA) is 12.0 Å². The molecule has 84 valence electrons. The molecule has 1 saturated carbocycles. The Balaban J connectivity index is 1.75. The smallest absolute Gasteiger partial charge is 0.0843 e. The van der Waals surface area contributed by atoms with Crippen LogP contribution in [0.1, 0.15) is 31.1 Å². The van der Waals surface area contributed by atoms with Crippen LogP contribution >= 0.6 is 43.2 Å². The molecule has 4 heteroatoms. The lowest BCUT2D eigenvalue weighted by molar-refractivity contribution is 0.602. The molecule has 2 rings (SSSR count). The number of hydrogen-bond acceptors (Lipinski definition) is 2. The van der Waals surface area contributed by atoms with Crippen molar-refractivity contribution in [3.05, 3.63) is 19.2 Å². The molecule has 1 heterocycles. The zero-order valence-corrected chi connectivity index (χ0v) is 12.7. The van der Waals surface area contributed by atoms with Crippen LogP contribution in [0.5, 0.6) is 0 Å². The third-order valence-corrected chi connectivity index (χ3v) is 6.07. The van der Waals surface area contributed by atoms with Gasteiger partial charge in [-0.2, -0.15) is 0 Å². The van der Waals surface area contributed by atoms with Gasteiger partial charge in [0.15, 0.2) is 0 Å². The van der Waals surface area contributed by atoms with Crippen LogP contribution in [0, 0.1) is 5.92 Å². The molecule has 2 atom stereocenters. The monoisotopic (exact) mass is 351 g/mol. The Labute approximate surface area is 112 Å². The van der Waals surface area contributed by atoms with Crippen LogP contribution in [-0.2, 0) is 6.54 Å². The van der Waals surface area contributed by atoms with Crippen molar-refractivity contribution in [3.63, 3.8) is 0 Å². The number of halogens is 2. The molecule has 15 heavy (non-hydrogen) atoms. The van der Waals surface area contributed by atoms with Gasteiger partial charge in [0.1, 0.15) is 0 Å². The number of nitrogens with one attached hydrogen (secondary N) is 1. The summed E-state index contributed by atoms with van der Waals surface area (Å²) in [6.45, 7) is 3.28. The van der Waals surface area contributed by atoms with Gasteiger partial charge in [0.05, 0.1) is 3.79 Å². The largest absolute Gasteiger partial charge is 0.309 e. The quantitative estimate of drug-likeness (QED) is 0.819. The summed E-state index contributed by atoms with van der Waals surface area (Å²) in [5.41, 5.74) is 0. The molecule has 1 aromatic rings. The molecule has 1 N–H and O–H groups in total. The standard InChI is InChI=1S/C11H15Br2NS/c1-2-3-7-4-10(7)14-6-8-5-9(12)11(13)15-8/h5,7,10,14H,2-4,6H2,1H3. The molecule has 1 aliphatic rings. The van der Waals surface area contributed by atoms with Gasteiger partial charge in [-0.3, -0.25) is 0 Å². The lowest BCUT2D eigenvalue weighted by atomic mass is 10.2. The summed E-state index contributed by atoms with van der Waals surface area (Å²) in [6.07, 6.45) is 4.08. The van der Waals surface area contributed by atoms with E-state index in [0.717, 1.165) is 18.5 Å². The Morgan fingerprint density at radius 1 is 1.53 bits per heavy atom. The van der Waals surface area contributed by atoms with Gasteiger partial charge in [-0.1, -0.05) is 13.3 Å². The van der Waals surface area contributed by atoms with Crippen LogP contribution in [0.3, 0.4) is 0 Å². The van der Waals surface area contributed by atoms with Gasteiger partial charge < -0.3 is 5.32 Å². The molecule has 1 fully saturated rings. The van der Waals surface area contributed by atoms with Gasteiger partial charge in [0.2, 0.25) is 0 Å². The van der Waals surface area contributed by atoms with E-state index in [9.17, 15) is 0 Å². The Bertz CT molecular complexity index is 318. The fourth-order valence-corrected chi connectivity index (χ4v) is 4.03. The van der Waals surface area contributed by atoms with Crippen LogP contribution in [0.25, 0.3) is 0 Å². The van der Waals surface area contributed by atoms with Gasteiger partial charge in [0, 0.05) is 21.9 Å². The van der Waals surface area contributed by atoms with E-state index in [1.54, 1.807) is 11.3 Å². The van der Waals surface area contributed by atoms with E-state index < -0.39 is 0 Å². The van der Waals surface area contributed by atoms with E-state index in [1.165, 1.54) is 32.4 Å². The summed E-state index contributed by atoms with van der Waals surface area (Å²) < 4.78 is 2.37. The molecule has 0 amide bonds. The first kappa shape index (κ1) is 12.1. The lowest BCUT2D eigenvalue weighted by Crippen LogP contribution is -2.16. The normalized spacial score (nSPS) is 24.5. The molecule has 0 aromatic carbocycles. The van der Waals surface area contributed by atoms with Crippen LogP contribution in [0.2, 0.25) is 0 Å². The predicted octanol–water partition coefficient (Wildman–Crippen LogP) is 4.55. The maximum absolute atomic E-state index is 3.62. The highest BCUT2D eigenvalue weighted by Crippen LogP contribution is 2.36. The minimum absolute atomic E-state index is 0.782. The summed E-state index contributed by atoms with van der Waals surface area (Å²) in [6, 6.07) is 2.98. The first-order valence-electron chi connectivity index (χ1n) is 5.37. The zero-order chi connectivity index (χ0) is 10.8. The van der Waals surface area contributed by atoms with Crippen LogP contribution < -0.4 is 5.32 Å². The molecule has 0 saturated heterocycles. The average molecular weight is 353 g/mol. The van der Waals surface area contributed by atoms with E-state index in [-0.39, 0.29) is 0 Å². The van der Waals surface area contributed by atoms with E-state index in [0.29, 0.717) is 0 Å². The second kappa shape index (κ2) is 5.30. The summed E-state index contributed by atoms with van der Waals surface area (Å²) in [7, 11) is 0. The van der Waals surface area contributed by atoms with Crippen molar-refractivity contribution in [1.29, 1.82) is 0 Å². The molecule has 0 aliphatic heterocycles. The number of rotatable bonds is 5. The summed E-state index contributed by atoms with van der Waals surface area (Å²) >= 11 is 8.84. The Kier molecular flexibility index (Phi) is 4.27. The molecule has 1 aliphatic carbocycles. The van der Waals surface area contributed by atoms with Crippen molar-refractivity contribution >= 4 is 43.2 Å². The van der Waals surface area contributed by atoms with Crippen molar-refractivity contribution in [2.45, 2.75) is 38.8 Å². The molecule has 1 aromatic heterocycles. The maximum atomic E-state index is 3.62. The first-order valence-corrected chi connectivity index (χ1v) is 7.78. The van der Waals surface area contributed by atoms with Gasteiger partial charge in [-0.05, 0) is 56.7 Å². The van der Waals surface area contributed by atoms with Crippen LogP contribution in [0.15, 0.2) is 14.3 Å². The summed E-state index contributed by atoms with van der Waals surface area (Å²) in [5.74, 6) is 0.946. The van der Waals surface area contributed by atoms with Crippen LogP contribution in [-0.4, -0.2) is 6.04 Å². The summed E-state index contributed by atoms with van der Waals surface area (Å²) in [5, 5.41) is 3.62. The minimum Gasteiger partial charge on any atom is -0.309 e. The van der Waals surface area contributed by atoms with Crippen LogP contribution in [0.4, 0.5) is 0 Å². The molecule has 1 nitrogen and oxygen atoms in total. The Morgan fingerprint density at radius 2 is 2.33 bits per heavy atom. The minimum atomic E-state index is 0.782. The van der Waals surface area contributed by atoms with E-state index in [2.05, 4.69) is 50.2 Å². The molecule has 0 bridgehead atoms. The van der Waals surface area contributed by atoms with Gasteiger partial charge >= 0.3 is 0 Å². The highest BCUT2D eigenvalue weighted by molar-refractivity contribution is 9.13. The molecule has 0 radical (unpaired) electrons. The fourth-order valence-electron chi connectivity index (χ4n) is 1.90. The van der Waals surface area contributed by atoms with Crippen molar-refractivity contribution in [1.82, 2.24) is 5.32 Å². The van der Waals surface area contributed by atoms with Crippen molar-refractivity contribution < 1.29 is 0 Å². The second-order valence-electron chi connectivity index (χ2n) is 4.11. The maximum Gasteiger partial charge on any atom is 0.0843 e. The Morgan fingerprint density at radius 3 is 2.93 bits per heavy atom. The van der Waals surface area contributed by atoms with E-state index >= 15 is 0 Å². The van der Waals surface area contributed by atoms with Gasteiger partial charge in [-0.15, -0.1) is 11.3 Å². The fraction of sp³-hybridized carbons (Fsp3) is 0.636. The highest BCUT2D eigenvalue weighted by atomic mass is 79.9. The van der Waals surface area contributed by atoms with Gasteiger partial charge in [-0.25, -0.2) is 0 Å². The third-order valence-electron chi connectivity index (χ3n) is 2.82. The highest BCUT2D eigenvalue weighted by Gasteiger charge is 2.35. The van der Waals surface area contributed by atoms with Crippen molar-refractivity contribution in [3.8, 4) is 0 Å². The SMILES string of the molecule is CCCC1CC1NCc1cc(Br)c(Br)s1. The Hall–Kier alpha value is 0.620. The lowest BCUT2D eigenvalue weighted by Gasteiger charge is -2.00. The molecular formula is C11H15Br2NS. The average Bonchev–Trinajstić information content (AvgIpc) is 2.85. The number of hydrogen-bond donors (Lipinski definition) is 1. The van der Waals surface area contributed by atoms with E-state index in [1.807, 2.05) is 0 Å².